The normalized spacial score (nSPS) is 19.3. The first-order valence-corrected chi connectivity index (χ1v) is 8.70. The summed E-state index contributed by atoms with van der Waals surface area (Å²) in [5.74, 6) is -1.74. The van der Waals surface area contributed by atoms with Crippen molar-refractivity contribution in [3.63, 3.8) is 0 Å². The predicted molar refractivity (Wildman–Crippen MR) is 96.5 cm³/mol. The Balaban J connectivity index is 1.51. The monoisotopic (exact) mass is 368 g/mol. The van der Waals surface area contributed by atoms with Gasteiger partial charge in [-0.05, 0) is 55.7 Å². The van der Waals surface area contributed by atoms with Crippen LogP contribution in [0.25, 0.3) is 22.6 Å². The lowest BCUT2D eigenvalue weighted by Gasteiger charge is -2.10. The van der Waals surface area contributed by atoms with E-state index in [0.29, 0.717) is 47.5 Å². The minimum Gasteiger partial charge on any atom is -0.481 e. The summed E-state index contributed by atoms with van der Waals surface area (Å²) in [5, 5.41) is 11.9. The number of nitrogens with one attached hydrogen (secondary N) is 1. The van der Waals surface area contributed by atoms with Gasteiger partial charge in [0.2, 0.25) is 11.8 Å². The van der Waals surface area contributed by atoms with Gasteiger partial charge in [-0.3, -0.25) is 9.59 Å². The third-order valence-corrected chi connectivity index (χ3v) is 4.90. The van der Waals surface area contributed by atoms with E-state index in [0.717, 1.165) is 0 Å². The molecule has 0 spiro atoms. The number of aliphatic carboxylic acids is 1. The molecule has 0 aliphatic heterocycles. The molecule has 2 aromatic carbocycles. The number of nitrogens with zero attached hydrogens (tertiary/aromatic N) is 1. The lowest BCUT2D eigenvalue weighted by molar-refractivity contribution is -0.141. The number of oxazole rings is 1. The number of anilines is 1. The van der Waals surface area contributed by atoms with Gasteiger partial charge in [0, 0.05) is 23.2 Å². The summed E-state index contributed by atoms with van der Waals surface area (Å²) in [6.07, 6.45) is 1.46. The molecule has 6 nitrogen and oxygen atoms in total. The Bertz CT molecular complexity index is 1010. The SMILES string of the molecule is O=C(O)[C@@H]1CC[C@H](C(=O)Nc2ccc3nc(-c4ccc(F)cc4)oc3c2)C1. The van der Waals surface area contributed by atoms with E-state index in [1.807, 2.05) is 0 Å². The number of hydrogen-bond acceptors (Lipinski definition) is 4. The van der Waals surface area contributed by atoms with Gasteiger partial charge < -0.3 is 14.8 Å². The molecule has 1 amide bonds. The molecule has 1 fully saturated rings. The highest BCUT2D eigenvalue weighted by Crippen LogP contribution is 2.32. The maximum absolute atomic E-state index is 13.1. The number of amides is 1. The molecule has 1 saturated carbocycles. The maximum atomic E-state index is 13.1. The zero-order chi connectivity index (χ0) is 19.0. The number of halogens is 1. The van der Waals surface area contributed by atoms with Crippen LogP contribution in [0.3, 0.4) is 0 Å². The number of carboxylic acids is 1. The van der Waals surface area contributed by atoms with Gasteiger partial charge in [-0.1, -0.05) is 0 Å². The molecular formula is C20H17FN2O4. The quantitative estimate of drug-likeness (QED) is 0.724. The molecule has 0 unspecified atom stereocenters. The number of carbonyl (C=O) groups excluding carboxylic acids is 1. The fourth-order valence-corrected chi connectivity index (χ4v) is 3.41. The van der Waals surface area contributed by atoms with E-state index in [9.17, 15) is 14.0 Å². The average Bonchev–Trinajstić information content (AvgIpc) is 3.29. The maximum Gasteiger partial charge on any atom is 0.306 e. The van der Waals surface area contributed by atoms with Crippen LogP contribution in [0.2, 0.25) is 0 Å². The van der Waals surface area contributed by atoms with E-state index in [1.165, 1.54) is 12.1 Å². The van der Waals surface area contributed by atoms with Crippen LogP contribution < -0.4 is 5.32 Å². The highest BCUT2D eigenvalue weighted by Gasteiger charge is 2.33. The third kappa shape index (κ3) is 3.53. The number of benzene rings is 2. The van der Waals surface area contributed by atoms with Gasteiger partial charge in [0.25, 0.3) is 0 Å². The number of hydrogen-bond donors (Lipinski definition) is 2. The predicted octanol–water partition coefficient (Wildman–Crippen LogP) is 4.07. The van der Waals surface area contributed by atoms with Crippen LogP contribution in [0.1, 0.15) is 19.3 Å². The Morgan fingerprint density at radius 2 is 1.85 bits per heavy atom. The molecule has 2 atom stereocenters. The summed E-state index contributed by atoms with van der Waals surface area (Å²) >= 11 is 0. The molecular weight excluding hydrogens is 351 g/mol. The Morgan fingerprint density at radius 1 is 1.11 bits per heavy atom. The van der Waals surface area contributed by atoms with Crippen molar-refractivity contribution < 1.29 is 23.5 Å². The number of carbonyl (C=O) groups is 2. The first-order valence-electron chi connectivity index (χ1n) is 8.70. The van der Waals surface area contributed by atoms with E-state index in [2.05, 4.69) is 10.3 Å². The van der Waals surface area contributed by atoms with Crippen LogP contribution in [0.4, 0.5) is 10.1 Å². The second kappa shape index (κ2) is 6.83. The van der Waals surface area contributed by atoms with E-state index >= 15 is 0 Å². The summed E-state index contributed by atoms with van der Waals surface area (Å²) in [6.45, 7) is 0. The summed E-state index contributed by atoms with van der Waals surface area (Å²) in [7, 11) is 0. The second-order valence-corrected chi connectivity index (χ2v) is 6.74. The van der Waals surface area contributed by atoms with Gasteiger partial charge in [0.1, 0.15) is 11.3 Å². The van der Waals surface area contributed by atoms with Crippen LogP contribution in [-0.4, -0.2) is 22.0 Å². The van der Waals surface area contributed by atoms with Gasteiger partial charge in [0.05, 0.1) is 5.92 Å². The fraction of sp³-hybridized carbons (Fsp3) is 0.250. The van der Waals surface area contributed by atoms with Crippen molar-refractivity contribution in [2.24, 2.45) is 11.8 Å². The lowest BCUT2D eigenvalue weighted by atomic mass is 10.0. The summed E-state index contributed by atoms with van der Waals surface area (Å²) in [4.78, 5) is 27.8. The van der Waals surface area contributed by atoms with Crippen molar-refractivity contribution in [2.75, 3.05) is 5.32 Å². The van der Waals surface area contributed by atoms with E-state index in [1.54, 1.807) is 30.3 Å². The van der Waals surface area contributed by atoms with Crippen molar-refractivity contribution in [3.8, 4) is 11.5 Å². The molecule has 0 saturated heterocycles. The Labute approximate surface area is 154 Å². The van der Waals surface area contributed by atoms with Crippen molar-refractivity contribution in [3.05, 3.63) is 48.3 Å². The van der Waals surface area contributed by atoms with Crippen LogP contribution in [0.15, 0.2) is 46.9 Å². The van der Waals surface area contributed by atoms with Gasteiger partial charge in [-0.15, -0.1) is 0 Å². The molecule has 7 heteroatoms. The number of aromatic nitrogens is 1. The van der Waals surface area contributed by atoms with Gasteiger partial charge in [-0.2, -0.15) is 0 Å². The summed E-state index contributed by atoms with van der Waals surface area (Å²) in [6, 6.07) is 11.0. The topological polar surface area (TPSA) is 92.4 Å². The van der Waals surface area contributed by atoms with Crippen LogP contribution in [0.5, 0.6) is 0 Å². The van der Waals surface area contributed by atoms with Gasteiger partial charge in [-0.25, -0.2) is 9.37 Å². The molecule has 3 aromatic rings. The molecule has 1 aromatic heterocycles. The number of carboxylic acid groups (broad SMARTS) is 1. The number of fused-ring (bicyclic) bond motifs is 1. The Hall–Kier alpha value is -3.22. The molecule has 1 heterocycles. The van der Waals surface area contributed by atoms with Crippen LogP contribution in [0, 0.1) is 17.7 Å². The van der Waals surface area contributed by atoms with Crippen molar-refractivity contribution >= 4 is 28.7 Å². The third-order valence-electron chi connectivity index (χ3n) is 4.90. The second-order valence-electron chi connectivity index (χ2n) is 6.74. The van der Waals surface area contributed by atoms with E-state index in [-0.39, 0.29) is 17.6 Å². The molecule has 0 bridgehead atoms. The Kier molecular flexibility index (Phi) is 4.35. The molecule has 1 aliphatic carbocycles. The minimum atomic E-state index is -0.846. The fourth-order valence-electron chi connectivity index (χ4n) is 3.41. The van der Waals surface area contributed by atoms with Gasteiger partial charge >= 0.3 is 5.97 Å². The van der Waals surface area contributed by atoms with Gasteiger partial charge in [0.15, 0.2) is 5.58 Å². The number of rotatable bonds is 4. The standard InChI is InChI=1S/C20H17FN2O4/c21-14-5-3-11(4-6-14)19-23-16-8-7-15(10-17(16)27-19)22-18(24)12-1-2-13(9-12)20(25)26/h3-8,10,12-13H,1-2,9H2,(H,22,24)(H,25,26)/t12-,13+/m0/s1. The smallest absolute Gasteiger partial charge is 0.306 e. The molecule has 0 radical (unpaired) electrons. The first kappa shape index (κ1) is 17.2. The highest BCUT2D eigenvalue weighted by molar-refractivity contribution is 5.95. The van der Waals surface area contributed by atoms with Crippen LogP contribution >= 0.6 is 0 Å². The molecule has 138 valence electrons. The highest BCUT2D eigenvalue weighted by atomic mass is 19.1. The van der Waals surface area contributed by atoms with Crippen molar-refractivity contribution in [1.29, 1.82) is 0 Å². The molecule has 1 aliphatic rings. The summed E-state index contributed by atoms with van der Waals surface area (Å²) < 4.78 is 18.8. The van der Waals surface area contributed by atoms with E-state index in [4.69, 9.17) is 9.52 Å². The van der Waals surface area contributed by atoms with E-state index < -0.39 is 11.9 Å². The van der Waals surface area contributed by atoms with Crippen LogP contribution in [-0.2, 0) is 9.59 Å². The zero-order valence-electron chi connectivity index (χ0n) is 14.3. The molecule has 4 rings (SSSR count). The van der Waals surface area contributed by atoms with Crippen molar-refractivity contribution in [1.82, 2.24) is 4.98 Å². The lowest BCUT2D eigenvalue weighted by Crippen LogP contribution is -2.21. The average molecular weight is 368 g/mol. The Morgan fingerprint density at radius 3 is 2.56 bits per heavy atom. The molecule has 27 heavy (non-hydrogen) atoms. The molecule has 2 N–H and O–H groups in total. The zero-order valence-corrected chi connectivity index (χ0v) is 14.3. The summed E-state index contributed by atoms with van der Waals surface area (Å²) in [5.41, 5.74) is 2.35. The minimum absolute atomic E-state index is 0.184. The first-order chi connectivity index (χ1) is 13.0. The largest absolute Gasteiger partial charge is 0.481 e. The van der Waals surface area contributed by atoms with Crippen molar-refractivity contribution in [2.45, 2.75) is 19.3 Å².